The number of para-hydroxylation sites is 1. The Morgan fingerprint density at radius 3 is 2.76 bits per heavy atom. The Balaban J connectivity index is 1.53. The van der Waals surface area contributed by atoms with Gasteiger partial charge in [0.25, 0.3) is 11.8 Å². The number of pyridine rings is 1. The second-order valence-corrected chi connectivity index (χ2v) is 6.72. The highest BCUT2D eigenvalue weighted by molar-refractivity contribution is 6.07. The van der Waals surface area contributed by atoms with Crippen molar-refractivity contribution in [1.29, 1.82) is 0 Å². The maximum atomic E-state index is 12.9. The summed E-state index contributed by atoms with van der Waals surface area (Å²) < 4.78 is 0. The number of rotatable bonds is 3. The molecule has 0 unspecified atom stereocenters. The smallest absolute Gasteiger partial charge is 0.276 e. The van der Waals surface area contributed by atoms with Crippen LogP contribution in [0.5, 0.6) is 0 Å². The molecule has 2 amide bonds. The van der Waals surface area contributed by atoms with Crippen molar-refractivity contribution in [1.82, 2.24) is 10.3 Å². The molecule has 4 rings (SSSR count). The molecular weight excluding hydrogens is 314 g/mol. The van der Waals surface area contributed by atoms with Crippen LogP contribution in [-0.4, -0.2) is 29.4 Å². The number of hydrogen-bond donors (Lipinski definition) is 1. The molecule has 0 atom stereocenters. The predicted molar refractivity (Wildman–Crippen MR) is 95.8 cm³/mol. The van der Waals surface area contributed by atoms with E-state index in [1.807, 2.05) is 24.3 Å². The number of benzene rings is 1. The highest BCUT2D eigenvalue weighted by atomic mass is 16.2. The van der Waals surface area contributed by atoms with Gasteiger partial charge in [-0.05, 0) is 43.0 Å². The zero-order valence-electron chi connectivity index (χ0n) is 14.1. The topological polar surface area (TPSA) is 62.3 Å². The number of nitrogens with one attached hydrogen (secondary N) is 1. The Kier molecular flexibility index (Phi) is 4.22. The summed E-state index contributed by atoms with van der Waals surface area (Å²) >= 11 is 0. The van der Waals surface area contributed by atoms with Crippen LogP contribution in [0.4, 0.5) is 5.69 Å². The number of anilines is 1. The van der Waals surface area contributed by atoms with E-state index in [9.17, 15) is 9.59 Å². The average molecular weight is 335 g/mol. The molecule has 1 aliphatic heterocycles. The Bertz CT molecular complexity index is 812. The Morgan fingerprint density at radius 1 is 1.12 bits per heavy atom. The maximum absolute atomic E-state index is 12.9. The molecule has 5 heteroatoms. The van der Waals surface area contributed by atoms with Gasteiger partial charge < -0.3 is 10.2 Å². The Morgan fingerprint density at radius 2 is 1.92 bits per heavy atom. The first-order valence-electron chi connectivity index (χ1n) is 8.89. The van der Waals surface area contributed by atoms with Crippen molar-refractivity contribution in [3.63, 3.8) is 0 Å². The van der Waals surface area contributed by atoms with Crippen molar-refractivity contribution in [2.24, 2.45) is 0 Å². The predicted octanol–water partition coefficient (Wildman–Crippen LogP) is 2.96. The van der Waals surface area contributed by atoms with Gasteiger partial charge in [-0.3, -0.25) is 14.6 Å². The molecule has 0 bridgehead atoms. The van der Waals surface area contributed by atoms with Crippen molar-refractivity contribution in [3.8, 4) is 0 Å². The summed E-state index contributed by atoms with van der Waals surface area (Å²) in [6.45, 7) is 0.651. The van der Waals surface area contributed by atoms with Gasteiger partial charge in [0.2, 0.25) is 0 Å². The first kappa shape index (κ1) is 15.8. The van der Waals surface area contributed by atoms with Crippen LogP contribution in [0.2, 0.25) is 0 Å². The zero-order chi connectivity index (χ0) is 17.2. The molecule has 1 aromatic heterocycles. The van der Waals surface area contributed by atoms with Gasteiger partial charge in [-0.25, -0.2) is 0 Å². The fourth-order valence-electron chi connectivity index (χ4n) is 3.72. The summed E-state index contributed by atoms with van der Waals surface area (Å²) in [7, 11) is 0. The Labute approximate surface area is 147 Å². The van der Waals surface area contributed by atoms with Gasteiger partial charge in [-0.2, -0.15) is 0 Å². The van der Waals surface area contributed by atoms with Crippen molar-refractivity contribution < 1.29 is 9.59 Å². The van der Waals surface area contributed by atoms with E-state index < -0.39 is 0 Å². The molecule has 128 valence electrons. The summed E-state index contributed by atoms with van der Waals surface area (Å²) in [5, 5.41) is 3.05. The van der Waals surface area contributed by atoms with E-state index in [2.05, 4.69) is 10.3 Å². The minimum Gasteiger partial charge on any atom is -0.349 e. The van der Waals surface area contributed by atoms with Crippen molar-refractivity contribution >= 4 is 17.5 Å². The molecule has 1 aliphatic carbocycles. The van der Waals surface area contributed by atoms with Gasteiger partial charge in [0.1, 0.15) is 5.69 Å². The summed E-state index contributed by atoms with van der Waals surface area (Å²) in [6.07, 6.45) is 6.79. The lowest BCUT2D eigenvalue weighted by Crippen LogP contribution is -2.33. The number of aromatic nitrogens is 1. The number of fused-ring (bicyclic) bond motifs is 1. The van der Waals surface area contributed by atoms with E-state index in [0.717, 1.165) is 24.9 Å². The molecule has 1 N–H and O–H groups in total. The number of carbonyl (C=O) groups excluding carboxylic acids is 2. The third-order valence-corrected chi connectivity index (χ3v) is 5.06. The van der Waals surface area contributed by atoms with E-state index in [4.69, 9.17) is 0 Å². The molecule has 1 saturated carbocycles. The second kappa shape index (κ2) is 6.67. The summed E-state index contributed by atoms with van der Waals surface area (Å²) in [5.41, 5.74) is 2.93. The summed E-state index contributed by atoms with van der Waals surface area (Å²) in [4.78, 5) is 31.2. The molecule has 0 saturated heterocycles. The fraction of sp³-hybridized carbons (Fsp3) is 0.350. The third kappa shape index (κ3) is 3.14. The Hall–Kier alpha value is -2.69. The van der Waals surface area contributed by atoms with Crippen LogP contribution in [0.1, 0.15) is 52.1 Å². The van der Waals surface area contributed by atoms with Gasteiger partial charge in [0, 0.05) is 30.0 Å². The lowest BCUT2D eigenvalue weighted by Gasteiger charge is -2.17. The SMILES string of the molecule is O=C(NC1CCCC1)c1ccnc(C(=O)N2CCc3ccccc32)c1. The van der Waals surface area contributed by atoms with Crippen LogP contribution in [0, 0.1) is 0 Å². The van der Waals surface area contributed by atoms with Gasteiger partial charge >= 0.3 is 0 Å². The van der Waals surface area contributed by atoms with E-state index in [1.165, 1.54) is 18.4 Å². The van der Waals surface area contributed by atoms with Crippen LogP contribution in [0.3, 0.4) is 0 Å². The van der Waals surface area contributed by atoms with Crippen LogP contribution in [0.25, 0.3) is 0 Å². The van der Waals surface area contributed by atoms with Gasteiger partial charge in [-0.1, -0.05) is 31.0 Å². The van der Waals surface area contributed by atoms with Crippen molar-refractivity contribution in [2.75, 3.05) is 11.4 Å². The fourth-order valence-corrected chi connectivity index (χ4v) is 3.72. The van der Waals surface area contributed by atoms with Crippen molar-refractivity contribution in [2.45, 2.75) is 38.1 Å². The molecule has 2 heterocycles. The summed E-state index contributed by atoms with van der Waals surface area (Å²) in [6, 6.07) is 11.4. The highest BCUT2D eigenvalue weighted by Crippen LogP contribution is 2.28. The molecule has 0 spiro atoms. The van der Waals surface area contributed by atoms with E-state index in [1.54, 1.807) is 23.2 Å². The van der Waals surface area contributed by atoms with Gasteiger partial charge in [0.05, 0.1) is 0 Å². The quantitative estimate of drug-likeness (QED) is 0.938. The lowest BCUT2D eigenvalue weighted by atomic mass is 10.1. The molecule has 2 aromatic rings. The average Bonchev–Trinajstić information content (AvgIpc) is 3.30. The van der Waals surface area contributed by atoms with Crippen LogP contribution >= 0.6 is 0 Å². The highest BCUT2D eigenvalue weighted by Gasteiger charge is 2.26. The molecule has 1 fully saturated rings. The van der Waals surface area contributed by atoms with Crippen molar-refractivity contribution in [3.05, 3.63) is 59.4 Å². The molecule has 0 radical (unpaired) electrons. The van der Waals surface area contributed by atoms with E-state index in [-0.39, 0.29) is 17.9 Å². The van der Waals surface area contributed by atoms with Crippen LogP contribution in [0.15, 0.2) is 42.6 Å². The van der Waals surface area contributed by atoms with Crippen LogP contribution < -0.4 is 10.2 Å². The third-order valence-electron chi connectivity index (χ3n) is 5.06. The first-order valence-corrected chi connectivity index (χ1v) is 8.89. The standard InChI is InChI=1S/C20H21N3O2/c24-19(22-16-6-2-3-7-16)15-9-11-21-17(13-15)20(25)23-12-10-14-5-1-4-8-18(14)23/h1,4-5,8-9,11,13,16H,2-3,6-7,10,12H2,(H,22,24). The maximum Gasteiger partial charge on any atom is 0.276 e. The van der Waals surface area contributed by atoms with Crippen LogP contribution in [-0.2, 0) is 6.42 Å². The number of amides is 2. The molecule has 2 aliphatic rings. The van der Waals surface area contributed by atoms with Gasteiger partial charge in [0.15, 0.2) is 0 Å². The minimum absolute atomic E-state index is 0.120. The number of carbonyl (C=O) groups is 2. The van der Waals surface area contributed by atoms with E-state index in [0.29, 0.717) is 17.8 Å². The zero-order valence-corrected chi connectivity index (χ0v) is 14.1. The number of hydrogen-bond acceptors (Lipinski definition) is 3. The minimum atomic E-state index is -0.152. The molecule has 5 nitrogen and oxygen atoms in total. The number of nitrogens with zero attached hydrogens (tertiary/aromatic N) is 2. The monoisotopic (exact) mass is 335 g/mol. The molecular formula is C20H21N3O2. The molecule has 25 heavy (non-hydrogen) atoms. The summed E-state index contributed by atoms with van der Waals surface area (Å²) in [5.74, 6) is -0.273. The second-order valence-electron chi connectivity index (χ2n) is 6.72. The molecule has 1 aromatic carbocycles. The van der Waals surface area contributed by atoms with E-state index >= 15 is 0 Å². The first-order chi connectivity index (χ1) is 12.2. The largest absolute Gasteiger partial charge is 0.349 e. The lowest BCUT2D eigenvalue weighted by molar-refractivity contribution is 0.0937. The van der Waals surface area contributed by atoms with Gasteiger partial charge in [-0.15, -0.1) is 0 Å². The normalized spacial score (nSPS) is 16.7.